The topological polar surface area (TPSA) is 58.2 Å². The van der Waals surface area contributed by atoms with Gasteiger partial charge in [-0.05, 0) is 67.8 Å². The summed E-state index contributed by atoms with van der Waals surface area (Å²) in [6.45, 7) is 5.34. The van der Waals surface area contributed by atoms with E-state index in [4.69, 9.17) is 0 Å². The molecule has 1 unspecified atom stereocenters. The third-order valence-corrected chi connectivity index (χ3v) is 9.83. The molecule has 1 aromatic carbocycles. The van der Waals surface area contributed by atoms with Crippen molar-refractivity contribution >= 4 is 11.8 Å². The Bertz CT molecular complexity index is 1100. The van der Waals surface area contributed by atoms with E-state index in [9.17, 15) is 22.8 Å². The van der Waals surface area contributed by atoms with Gasteiger partial charge in [0.05, 0.1) is 0 Å². The second-order valence-corrected chi connectivity index (χ2v) is 11.5. The van der Waals surface area contributed by atoms with Crippen molar-refractivity contribution in [2.45, 2.75) is 64.6 Å². The summed E-state index contributed by atoms with van der Waals surface area (Å²) >= 11 is 0. The summed E-state index contributed by atoms with van der Waals surface area (Å²) in [6, 6.07) is 7.63. The van der Waals surface area contributed by atoms with Gasteiger partial charge in [-0.1, -0.05) is 56.3 Å². The molecule has 2 amide bonds. The predicted molar refractivity (Wildman–Crippen MR) is 127 cm³/mol. The number of nitrogens with one attached hydrogen (secondary N) is 2. The average Bonchev–Trinajstić information content (AvgIpc) is 3.16. The van der Waals surface area contributed by atoms with E-state index in [0.29, 0.717) is 18.3 Å². The highest BCUT2D eigenvalue weighted by molar-refractivity contribution is 5.90. The molecule has 0 radical (unpaired) electrons. The van der Waals surface area contributed by atoms with Gasteiger partial charge in [-0.25, -0.2) is 0 Å². The molecule has 5 rings (SSSR count). The maximum atomic E-state index is 14.3. The van der Waals surface area contributed by atoms with Crippen molar-refractivity contribution in [3.05, 3.63) is 59.8 Å². The summed E-state index contributed by atoms with van der Waals surface area (Å²) in [6.07, 6.45) is 5.04. The Balaban J connectivity index is 1.41. The van der Waals surface area contributed by atoms with Gasteiger partial charge in [-0.3, -0.25) is 9.59 Å². The molecule has 2 fully saturated rings. The van der Waals surface area contributed by atoms with Gasteiger partial charge in [0, 0.05) is 23.1 Å². The van der Waals surface area contributed by atoms with E-state index in [1.165, 1.54) is 12.1 Å². The van der Waals surface area contributed by atoms with E-state index in [1.54, 1.807) is 24.3 Å². The normalized spacial score (nSPS) is 37.8. The van der Waals surface area contributed by atoms with Gasteiger partial charge in [0.25, 0.3) is 0 Å². The van der Waals surface area contributed by atoms with E-state index < -0.39 is 23.5 Å². The van der Waals surface area contributed by atoms with Crippen molar-refractivity contribution in [1.29, 1.82) is 0 Å². The second-order valence-electron chi connectivity index (χ2n) is 11.5. The zero-order valence-electron chi connectivity index (χ0n) is 20.4. The molecule has 0 saturated heterocycles. The SMILES string of the molecule is CC(NC(=O)[C@H]1CC[C@H]2[C@@H]3CC=C4NC(=O)C=C[C@]4(C)[C@H]3CC[C@]12C)(c1ccccc1)C(F)(F)F. The number of alkyl halides is 3. The molecule has 7 atom stereocenters. The van der Waals surface area contributed by atoms with Crippen LogP contribution in [0.4, 0.5) is 13.2 Å². The van der Waals surface area contributed by atoms with E-state index in [-0.39, 0.29) is 28.2 Å². The van der Waals surface area contributed by atoms with Crippen molar-refractivity contribution in [1.82, 2.24) is 10.6 Å². The molecule has 0 bridgehead atoms. The molecule has 2 N–H and O–H groups in total. The van der Waals surface area contributed by atoms with Gasteiger partial charge in [0.15, 0.2) is 5.54 Å². The quantitative estimate of drug-likeness (QED) is 0.583. The third kappa shape index (κ3) is 3.56. The van der Waals surface area contributed by atoms with Crippen LogP contribution < -0.4 is 10.6 Å². The molecule has 1 aromatic rings. The molecule has 1 aliphatic heterocycles. The van der Waals surface area contributed by atoms with Crippen LogP contribution in [0.3, 0.4) is 0 Å². The zero-order valence-corrected chi connectivity index (χ0v) is 20.4. The molecular weight excluding hydrogens is 453 g/mol. The van der Waals surface area contributed by atoms with Crippen molar-refractivity contribution in [3.8, 4) is 0 Å². The fourth-order valence-corrected chi connectivity index (χ4v) is 7.70. The van der Waals surface area contributed by atoms with Crippen LogP contribution in [0.15, 0.2) is 54.3 Å². The fraction of sp³-hybridized carbons (Fsp3) is 0.571. The number of carbonyl (C=O) groups excluding carboxylic acids is 2. The summed E-state index contributed by atoms with van der Waals surface area (Å²) in [7, 11) is 0. The smallest absolute Gasteiger partial charge is 0.338 e. The van der Waals surface area contributed by atoms with E-state index in [1.807, 2.05) is 6.08 Å². The summed E-state index contributed by atoms with van der Waals surface area (Å²) in [5, 5.41) is 5.45. The minimum atomic E-state index is -4.63. The number of hydrogen-bond donors (Lipinski definition) is 2. The Hall–Kier alpha value is -2.57. The van der Waals surface area contributed by atoms with Gasteiger partial charge >= 0.3 is 6.18 Å². The predicted octanol–water partition coefficient (Wildman–Crippen LogP) is 5.62. The first kappa shape index (κ1) is 24.1. The monoisotopic (exact) mass is 486 g/mol. The Morgan fingerprint density at radius 2 is 1.80 bits per heavy atom. The number of fused-ring (bicyclic) bond motifs is 5. The lowest BCUT2D eigenvalue weighted by Gasteiger charge is -2.56. The first-order valence-corrected chi connectivity index (χ1v) is 12.6. The van der Waals surface area contributed by atoms with Crippen LogP contribution >= 0.6 is 0 Å². The zero-order chi connectivity index (χ0) is 25.2. The highest BCUT2D eigenvalue weighted by Crippen LogP contribution is 2.64. The highest BCUT2D eigenvalue weighted by Gasteiger charge is 2.61. The molecule has 1 heterocycles. The molecule has 2 saturated carbocycles. The minimum Gasteiger partial charge on any atom is -0.338 e. The number of rotatable bonds is 3. The number of benzene rings is 1. The lowest BCUT2D eigenvalue weighted by molar-refractivity contribution is -0.199. The Morgan fingerprint density at radius 3 is 2.49 bits per heavy atom. The summed E-state index contributed by atoms with van der Waals surface area (Å²) in [4.78, 5) is 25.4. The van der Waals surface area contributed by atoms with Crippen LogP contribution in [0, 0.1) is 34.5 Å². The molecule has 4 nitrogen and oxygen atoms in total. The number of allylic oxidation sites excluding steroid dienone is 2. The highest BCUT2D eigenvalue weighted by atomic mass is 19.4. The molecule has 35 heavy (non-hydrogen) atoms. The van der Waals surface area contributed by atoms with Gasteiger partial charge in [-0.15, -0.1) is 0 Å². The van der Waals surface area contributed by atoms with Gasteiger partial charge in [0.1, 0.15) is 0 Å². The number of amides is 2. The van der Waals surface area contributed by atoms with Crippen molar-refractivity contribution in [2.24, 2.45) is 34.5 Å². The maximum absolute atomic E-state index is 14.3. The van der Waals surface area contributed by atoms with Crippen LogP contribution in [0.25, 0.3) is 0 Å². The number of carbonyl (C=O) groups is 2. The molecule has 4 aliphatic rings. The largest absolute Gasteiger partial charge is 0.415 e. The third-order valence-electron chi connectivity index (χ3n) is 9.83. The van der Waals surface area contributed by atoms with E-state index >= 15 is 0 Å². The second kappa shape index (κ2) is 7.97. The molecule has 0 aromatic heterocycles. The van der Waals surface area contributed by atoms with Crippen LogP contribution in [0.1, 0.15) is 58.4 Å². The van der Waals surface area contributed by atoms with Gasteiger partial charge in [-0.2, -0.15) is 13.2 Å². The molecule has 0 spiro atoms. The van der Waals surface area contributed by atoms with Crippen LogP contribution in [-0.2, 0) is 15.1 Å². The van der Waals surface area contributed by atoms with Gasteiger partial charge < -0.3 is 10.6 Å². The molecule has 7 heteroatoms. The van der Waals surface area contributed by atoms with E-state index in [2.05, 4.69) is 30.6 Å². The van der Waals surface area contributed by atoms with Crippen molar-refractivity contribution in [3.63, 3.8) is 0 Å². The van der Waals surface area contributed by atoms with Crippen molar-refractivity contribution < 1.29 is 22.8 Å². The first-order valence-electron chi connectivity index (χ1n) is 12.6. The summed E-state index contributed by atoms with van der Waals surface area (Å²) in [5.74, 6) is -0.131. The number of hydrogen-bond acceptors (Lipinski definition) is 2. The Kier molecular flexibility index (Phi) is 5.50. The van der Waals surface area contributed by atoms with Crippen LogP contribution in [0.5, 0.6) is 0 Å². The van der Waals surface area contributed by atoms with E-state index in [0.717, 1.165) is 38.3 Å². The first-order chi connectivity index (χ1) is 16.4. The Morgan fingerprint density at radius 1 is 1.09 bits per heavy atom. The summed E-state index contributed by atoms with van der Waals surface area (Å²) in [5.41, 5.74) is -2.05. The number of halogens is 3. The van der Waals surface area contributed by atoms with Crippen LogP contribution in [0.2, 0.25) is 0 Å². The van der Waals surface area contributed by atoms with Crippen LogP contribution in [-0.4, -0.2) is 18.0 Å². The minimum absolute atomic E-state index is 0.0354. The maximum Gasteiger partial charge on any atom is 0.415 e. The lowest BCUT2D eigenvalue weighted by atomic mass is 9.50. The lowest BCUT2D eigenvalue weighted by Crippen LogP contribution is -2.57. The van der Waals surface area contributed by atoms with Gasteiger partial charge in [0.2, 0.25) is 11.8 Å². The molecule has 3 aliphatic carbocycles. The standard InChI is InChI=1S/C28H33F3N2O2/c1-25-15-13-20-18(9-12-22-26(20,2)16-14-23(34)32-22)19(25)10-11-21(25)24(35)33-27(3,28(29,30)31)17-7-5-4-6-8-17/h4-8,12,14,16,18-21H,9-11,13,15H2,1-3H3,(H,32,34)(H,33,35)/t18-,19-,20-,21+,25-,26+,27?/m0/s1. The summed E-state index contributed by atoms with van der Waals surface area (Å²) < 4.78 is 42.8. The molecular formula is C28H33F3N2O2. The molecule has 188 valence electrons. The van der Waals surface area contributed by atoms with Crippen molar-refractivity contribution in [2.75, 3.05) is 0 Å². The average molecular weight is 487 g/mol. The fourth-order valence-electron chi connectivity index (χ4n) is 7.70. The Labute approximate surface area is 204 Å².